The molecule has 29 N–H and O–H groups in total. The fourth-order valence-electron chi connectivity index (χ4n) is 13.2. The molecule has 0 amide bonds. The summed E-state index contributed by atoms with van der Waals surface area (Å²) in [4.78, 5) is 147. The molecule has 0 saturated carbocycles. The molecule has 0 spiro atoms. The number of carbonyl (C=O) groups is 10. The summed E-state index contributed by atoms with van der Waals surface area (Å²) in [6, 6.07) is 6.05. The van der Waals surface area contributed by atoms with Gasteiger partial charge in [-0.2, -0.15) is 0 Å². The molecule has 3 heterocycles. The Hall–Kier alpha value is -19.2. The lowest BCUT2D eigenvalue weighted by Crippen LogP contribution is -2.63. The molecule has 52 heteroatoms. The van der Waals surface area contributed by atoms with Crippen LogP contribution in [0.5, 0.6) is 178 Å². The van der Waals surface area contributed by atoms with Crippen LogP contribution < -0.4 is 4.74 Å². The number of hydrogen-bond acceptors (Lipinski definition) is 52. The molecule has 52 nitrogen and oxygen atoms in total. The largest absolute Gasteiger partial charge is 0.504 e. The Bertz CT molecular complexity index is 6470. The minimum atomic E-state index is -3.03. The molecule has 10 atom stereocenters. The first-order chi connectivity index (χ1) is 63.0. The summed E-state index contributed by atoms with van der Waals surface area (Å²) in [6.07, 6.45) is -28.6. The number of esters is 10. The van der Waals surface area contributed by atoms with E-state index in [1.54, 1.807) is 0 Å². The smallest absolute Gasteiger partial charge is 0.342 e. The van der Waals surface area contributed by atoms with Gasteiger partial charge in [0.1, 0.15) is 31.0 Å². The first kappa shape index (κ1) is 92.5. The highest BCUT2D eigenvalue weighted by Gasteiger charge is 2.58. The average Bonchev–Trinajstić information content (AvgIpc) is 1.30. The third-order valence-corrected chi connectivity index (χ3v) is 19.8. The number of phenolic OH excluding ortho intramolecular Hbond substituents is 29. The van der Waals surface area contributed by atoms with Crippen molar-refractivity contribution < 1.29 is 258 Å². The number of carbonyl (C=O) groups excluding carboxylic acids is 10. The van der Waals surface area contributed by atoms with Crippen molar-refractivity contribution in [3.8, 4) is 189 Å². The molecule has 0 aromatic heterocycles. The molecule has 0 unspecified atom stereocenters. The van der Waals surface area contributed by atoms with Crippen LogP contribution in [-0.2, 0) is 56.8 Å². The zero-order chi connectivity index (χ0) is 98.0. The van der Waals surface area contributed by atoms with E-state index in [0.29, 0.717) is 84.9 Å². The maximum absolute atomic E-state index is 15.6. The van der Waals surface area contributed by atoms with E-state index in [-0.39, 0.29) is 18.2 Å². The van der Waals surface area contributed by atoms with E-state index in [1.807, 2.05) is 0 Å². The zero-order valence-corrected chi connectivity index (χ0v) is 65.9. The molecular weight excluding hydrogens is 1820 g/mol. The van der Waals surface area contributed by atoms with Crippen LogP contribution in [-0.4, -0.2) is 282 Å². The van der Waals surface area contributed by atoms with Gasteiger partial charge in [0.25, 0.3) is 0 Å². The quantitative estimate of drug-likeness (QED) is 0.0311. The second-order valence-electron chi connectivity index (χ2n) is 28.4. The molecule has 2 fully saturated rings. The van der Waals surface area contributed by atoms with Crippen LogP contribution in [0.1, 0.15) is 104 Å². The van der Waals surface area contributed by atoms with E-state index in [2.05, 4.69) is 0 Å². The van der Waals surface area contributed by atoms with Crippen molar-refractivity contribution in [2.45, 2.75) is 61.4 Å². The number of hydrogen-bond donors (Lipinski definition) is 29. The number of cyclic esters (lactones) is 1. The van der Waals surface area contributed by atoms with Crippen molar-refractivity contribution in [1.29, 1.82) is 0 Å². The van der Waals surface area contributed by atoms with E-state index in [9.17, 15) is 182 Å². The minimum Gasteiger partial charge on any atom is -0.504 e. The lowest BCUT2D eigenvalue weighted by atomic mass is 9.91. The summed E-state index contributed by atoms with van der Waals surface area (Å²) < 4.78 is 74.1. The highest BCUT2D eigenvalue weighted by molar-refractivity contribution is 6.09. The first-order valence-electron chi connectivity index (χ1n) is 36.9. The maximum Gasteiger partial charge on any atom is 0.342 e. The third kappa shape index (κ3) is 17.6. The molecule has 0 radical (unpaired) electrons. The highest BCUT2D eigenvalue weighted by Crippen LogP contribution is 2.57. The highest BCUT2D eigenvalue weighted by atomic mass is 16.8. The first-order valence-corrected chi connectivity index (χ1v) is 36.9. The predicted octanol–water partition coefficient (Wildman–Crippen LogP) is 3.75. The normalized spacial score (nSPS) is 18.4. The molecule has 10 aromatic rings. The Morgan fingerprint density at radius 3 is 0.948 bits per heavy atom. The molecule has 0 bridgehead atoms. The Balaban J connectivity index is 0.955. The van der Waals surface area contributed by atoms with Gasteiger partial charge in [-0.1, -0.05) is 0 Å². The summed E-state index contributed by atoms with van der Waals surface area (Å²) in [5.74, 6) is -64.1. The number of aromatic hydroxyl groups is 29. The molecule has 13 rings (SSSR count). The molecule has 10 aromatic carbocycles. The van der Waals surface area contributed by atoms with Crippen LogP contribution in [0.25, 0.3) is 11.1 Å². The van der Waals surface area contributed by atoms with Crippen LogP contribution in [0, 0.1) is 0 Å². The van der Waals surface area contributed by atoms with Gasteiger partial charge in [0.15, 0.2) is 180 Å². The number of fused-ring (bicyclic) bond motifs is 4. The summed E-state index contributed by atoms with van der Waals surface area (Å²) in [6.45, 7) is -3.32. The van der Waals surface area contributed by atoms with Crippen LogP contribution in [0.15, 0.2) is 103 Å². The van der Waals surface area contributed by atoms with Crippen LogP contribution >= 0.6 is 0 Å². The van der Waals surface area contributed by atoms with Crippen molar-refractivity contribution in [3.05, 3.63) is 159 Å². The summed E-state index contributed by atoms with van der Waals surface area (Å²) in [5.41, 5.74) is -14.6. The maximum atomic E-state index is 15.6. The fourth-order valence-corrected chi connectivity index (χ4v) is 13.2. The number of rotatable bonds is 19. The second kappa shape index (κ2) is 35.6. The summed E-state index contributed by atoms with van der Waals surface area (Å²) >= 11 is 0. The lowest BCUT2D eigenvalue weighted by Gasteiger charge is -2.44. The minimum absolute atomic E-state index is 0.0682. The number of benzene rings is 10. The van der Waals surface area contributed by atoms with E-state index < -0.39 is 379 Å². The Labute approximate surface area is 737 Å². The Morgan fingerprint density at radius 1 is 0.276 bits per heavy atom. The van der Waals surface area contributed by atoms with Gasteiger partial charge in [-0.25, -0.2) is 47.9 Å². The standard InChI is InChI=1S/C82H60O52/c83-30-1-20(2-31(84)51(30)99)71(112)122-18-47-66(68(130-73(114)22-5-34(87)53(101)35(88)6-22)70(132-75(116)24-9-38(91)55(103)39(92)10-24)81(125-47)133-76(117)25-11-40(93)56(104)41(94)12-25)128-80(121)29-16-45(98)59(107)63(111)64(29)124-46-17-28-50(62(110)60(46)108)49-27(15-44(97)58(106)61(49)109)79(120)127-65-48(19-123-78(28)119)126-82(134-77(118)26-13-42(95)57(105)43(96)14-26)69(131-74(115)23-7-36(89)54(102)37(90)8-23)67(65)129-72(113)21-3-32(85)52(100)33(86)4-21/h1-17,47-48,65-70,81-111H,18-19H2/t47-,48-,65-,66-,67+,68+,69-,70-,81+,82+/m1/s1. The SMILES string of the molecule is O=C(OC[C@H]1O[C@@H](OC(=O)c2cc(O)c(O)c(O)c2)[C@H](OC(=O)c2cc(O)c(O)c(O)c2)[C@@H](OC(=O)c2cc(O)c(O)c(O)c2)[C@@H]1OC(=O)c1cc(O)c(O)c(O)c1Oc1cc2c(c(O)c1O)-c1c(cc(O)c(O)c1O)C(=O)O[C@H]1[C@H](OC(=O)c3cc(O)c(O)c(O)c3)[C@@H](OC(=O)c3cc(O)c(O)c(O)c3)[C@H](OC(=O)c3cc(O)c(O)c(O)c3)O[C@@H]1COC2=O)c1cc(O)c(O)c(O)c1. The van der Waals surface area contributed by atoms with Gasteiger partial charge in [0, 0.05) is 23.3 Å². The molecular formula is C82H60O52. The van der Waals surface area contributed by atoms with Crippen molar-refractivity contribution in [2.24, 2.45) is 0 Å². The molecule has 134 heavy (non-hydrogen) atoms. The van der Waals surface area contributed by atoms with Gasteiger partial charge in [-0.05, 0) is 91.0 Å². The average molecular weight is 1880 g/mol. The van der Waals surface area contributed by atoms with Gasteiger partial charge in [-0.3, -0.25) is 0 Å². The topological polar surface area (TPSA) is 877 Å². The Morgan fingerprint density at radius 2 is 0.567 bits per heavy atom. The zero-order valence-electron chi connectivity index (χ0n) is 65.9. The van der Waals surface area contributed by atoms with Crippen molar-refractivity contribution in [2.75, 3.05) is 13.2 Å². The van der Waals surface area contributed by atoms with Gasteiger partial charge >= 0.3 is 59.7 Å². The van der Waals surface area contributed by atoms with Gasteiger partial charge in [-0.15, -0.1) is 0 Å². The fraction of sp³-hybridized carbons (Fsp3) is 0.146. The predicted molar refractivity (Wildman–Crippen MR) is 416 cm³/mol. The summed E-state index contributed by atoms with van der Waals surface area (Å²) in [7, 11) is 0. The van der Waals surface area contributed by atoms with E-state index >= 15 is 14.4 Å². The monoisotopic (exact) mass is 1880 g/mol. The van der Waals surface area contributed by atoms with Gasteiger partial charge in [0.05, 0.1) is 50.1 Å². The molecule has 0 aliphatic carbocycles. The van der Waals surface area contributed by atoms with Gasteiger partial charge in [0.2, 0.25) is 47.8 Å². The lowest BCUT2D eigenvalue weighted by molar-refractivity contribution is -0.283. The van der Waals surface area contributed by atoms with Crippen LogP contribution in [0.2, 0.25) is 0 Å². The number of phenols is 29. The van der Waals surface area contributed by atoms with Crippen molar-refractivity contribution in [3.63, 3.8) is 0 Å². The molecule has 3 aliphatic heterocycles. The van der Waals surface area contributed by atoms with E-state index in [0.717, 1.165) is 0 Å². The van der Waals surface area contributed by atoms with E-state index in [1.165, 1.54) is 0 Å². The van der Waals surface area contributed by atoms with Gasteiger partial charge < -0.3 is 210 Å². The van der Waals surface area contributed by atoms with Crippen LogP contribution in [0.4, 0.5) is 0 Å². The van der Waals surface area contributed by atoms with E-state index in [4.69, 9.17) is 61.6 Å². The molecule has 3 aliphatic rings. The van der Waals surface area contributed by atoms with Crippen molar-refractivity contribution >= 4 is 59.7 Å². The van der Waals surface area contributed by atoms with Crippen molar-refractivity contribution in [1.82, 2.24) is 0 Å². The third-order valence-electron chi connectivity index (χ3n) is 19.8. The second-order valence-corrected chi connectivity index (χ2v) is 28.4. The molecule has 2 saturated heterocycles. The van der Waals surface area contributed by atoms with Crippen LogP contribution in [0.3, 0.4) is 0 Å². The number of ether oxygens (including phenoxy) is 13. The Kier molecular flexibility index (Phi) is 24.5. The molecule has 700 valence electrons. The summed E-state index contributed by atoms with van der Waals surface area (Å²) in [5, 5.41) is 312.